The molecule has 8 heteroatoms. The zero-order valence-corrected chi connectivity index (χ0v) is 15.0. The fraction of sp³-hybridized carbons (Fsp3) is 0.0526. The molecule has 0 saturated heterocycles. The molecule has 2 N–H and O–H groups in total. The lowest BCUT2D eigenvalue weighted by molar-refractivity contribution is 0.0842. The van der Waals surface area contributed by atoms with Crippen LogP contribution in [0.1, 0.15) is 26.5 Å². The quantitative estimate of drug-likeness (QED) is 0.679. The second kappa shape index (κ2) is 7.84. The maximum absolute atomic E-state index is 12.3. The molecule has 0 atom stereocenters. The summed E-state index contributed by atoms with van der Waals surface area (Å²) >= 11 is 5.77. The fourth-order valence-corrected chi connectivity index (χ4v) is 2.51. The van der Waals surface area contributed by atoms with Crippen molar-refractivity contribution in [3.63, 3.8) is 0 Å². The van der Waals surface area contributed by atoms with Crippen LogP contribution < -0.4 is 16.3 Å². The molecule has 0 aliphatic heterocycles. The van der Waals surface area contributed by atoms with E-state index in [1.807, 2.05) is 18.2 Å². The van der Waals surface area contributed by atoms with Gasteiger partial charge in [0.25, 0.3) is 11.8 Å². The third kappa shape index (κ3) is 4.21. The van der Waals surface area contributed by atoms with E-state index in [0.29, 0.717) is 22.0 Å². The molecule has 0 bridgehead atoms. The molecule has 3 rings (SSSR count). The molecule has 0 aliphatic carbocycles. The van der Waals surface area contributed by atoms with Gasteiger partial charge in [0.05, 0.1) is 5.69 Å². The first-order chi connectivity index (χ1) is 13.0. The molecule has 0 aliphatic rings. The molecule has 3 aromatic rings. The second-order valence-electron chi connectivity index (χ2n) is 5.66. The summed E-state index contributed by atoms with van der Waals surface area (Å²) in [6.07, 6.45) is 0. The summed E-state index contributed by atoms with van der Waals surface area (Å²) in [5, 5.41) is 4.61. The van der Waals surface area contributed by atoms with E-state index in [4.69, 9.17) is 11.6 Å². The van der Waals surface area contributed by atoms with Gasteiger partial charge in [0.1, 0.15) is 0 Å². The van der Waals surface area contributed by atoms with E-state index in [-0.39, 0.29) is 5.69 Å². The molecule has 0 radical (unpaired) electrons. The molecular formula is C19H15ClN4O3. The topological polar surface area (TPSA) is 93.1 Å². The highest BCUT2D eigenvalue weighted by atomic mass is 35.5. The lowest BCUT2D eigenvalue weighted by Crippen LogP contribution is -2.44. The number of aryl methyl sites for hydroxylation is 1. The standard InChI is InChI=1S/C19H15ClN4O3/c1-12-11-16(25)17(23-24(12)15-5-3-2-4-6-15)19(27)22-21-18(26)13-7-9-14(20)10-8-13/h2-11H,1H3,(H,21,26)(H,22,27). The summed E-state index contributed by atoms with van der Waals surface area (Å²) in [6.45, 7) is 1.71. The van der Waals surface area contributed by atoms with Gasteiger partial charge in [-0.25, -0.2) is 4.68 Å². The molecule has 136 valence electrons. The van der Waals surface area contributed by atoms with E-state index in [0.717, 1.165) is 0 Å². The summed E-state index contributed by atoms with van der Waals surface area (Å²) in [7, 11) is 0. The van der Waals surface area contributed by atoms with Gasteiger partial charge in [-0.1, -0.05) is 29.8 Å². The summed E-state index contributed by atoms with van der Waals surface area (Å²) < 4.78 is 1.48. The second-order valence-corrected chi connectivity index (χ2v) is 6.10. The first-order valence-electron chi connectivity index (χ1n) is 7.98. The fourth-order valence-electron chi connectivity index (χ4n) is 2.38. The Hall–Kier alpha value is -3.45. The highest BCUT2D eigenvalue weighted by Crippen LogP contribution is 2.09. The van der Waals surface area contributed by atoms with Crippen LogP contribution in [0.5, 0.6) is 0 Å². The zero-order chi connectivity index (χ0) is 19.4. The number of hydrogen-bond acceptors (Lipinski definition) is 4. The number of amides is 2. The van der Waals surface area contributed by atoms with Gasteiger partial charge in [-0.05, 0) is 43.3 Å². The molecule has 1 heterocycles. The predicted octanol–water partition coefficient (Wildman–Crippen LogP) is 2.27. The number of para-hydroxylation sites is 1. The van der Waals surface area contributed by atoms with Crippen molar-refractivity contribution in [3.8, 4) is 5.69 Å². The molecule has 0 saturated carbocycles. The van der Waals surface area contributed by atoms with Crippen LogP contribution in [-0.2, 0) is 0 Å². The first kappa shape index (κ1) is 18.3. The Morgan fingerprint density at radius 2 is 1.59 bits per heavy atom. The maximum atomic E-state index is 12.3. The lowest BCUT2D eigenvalue weighted by Gasteiger charge is -2.11. The monoisotopic (exact) mass is 382 g/mol. The number of carbonyl (C=O) groups is 2. The van der Waals surface area contributed by atoms with Crippen molar-refractivity contribution < 1.29 is 9.59 Å². The Balaban J connectivity index is 1.79. The van der Waals surface area contributed by atoms with Crippen molar-refractivity contribution in [1.82, 2.24) is 20.6 Å². The summed E-state index contributed by atoms with van der Waals surface area (Å²) in [5.41, 5.74) is 5.16. The number of hydrogen-bond donors (Lipinski definition) is 2. The van der Waals surface area contributed by atoms with Gasteiger partial charge < -0.3 is 0 Å². The minimum Gasteiger partial charge on any atom is -0.287 e. The highest BCUT2D eigenvalue weighted by molar-refractivity contribution is 6.30. The van der Waals surface area contributed by atoms with Crippen LogP contribution in [0.25, 0.3) is 5.69 Å². The van der Waals surface area contributed by atoms with Crippen LogP contribution in [0.15, 0.2) is 65.5 Å². The van der Waals surface area contributed by atoms with E-state index < -0.39 is 17.2 Å². The van der Waals surface area contributed by atoms with Crippen molar-refractivity contribution >= 4 is 23.4 Å². The number of halogens is 1. The van der Waals surface area contributed by atoms with Gasteiger partial charge in [-0.15, -0.1) is 0 Å². The Labute approximate surface area is 159 Å². The average molecular weight is 383 g/mol. The van der Waals surface area contributed by atoms with E-state index in [1.54, 1.807) is 31.2 Å². The van der Waals surface area contributed by atoms with Crippen molar-refractivity contribution in [3.05, 3.63) is 92.9 Å². The Kier molecular flexibility index (Phi) is 5.33. The smallest absolute Gasteiger partial charge is 0.287 e. The van der Waals surface area contributed by atoms with Crippen molar-refractivity contribution in [1.29, 1.82) is 0 Å². The van der Waals surface area contributed by atoms with Crippen LogP contribution in [0.2, 0.25) is 5.02 Å². The number of nitrogens with one attached hydrogen (secondary N) is 2. The normalized spacial score (nSPS) is 10.3. The Bertz CT molecular complexity index is 1050. The van der Waals surface area contributed by atoms with Gasteiger partial charge in [0, 0.05) is 22.3 Å². The average Bonchev–Trinajstić information content (AvgIpc) is 2.67. The van der Waals surface area contributed by atoms with Crippen molar-refractivity contribution in [2.24, 2.45) is 0 Å². The Morgan fingerprint density at radius 3 is 2.26 bits per heavy atom. The third-order valence-electron chi connectivity index (χ3n) is 3.72. The molecule has 27 heavy (non-hydrogen) atoms. The van der Waals surface area contributed by atoms with Gasteiger partial charge >= 0.3 is 0 Å². The third-order valence-corrected chi connectivity index (χ3v) is 3.97. The van der Waals surface area contributed by atoms with Gasteiger partial charge in [0.15, 0.2) is 5.69 Å². The minimum atomic E-state index is -0.813. The van der Waals surface area contributed by atoms with Crippen LogP contribution in [0.4, 0.5) is 0 Å². The number of carbonyl (C=O) groups excluding carboxylic acids is 2. The summed E-state index contributed by atoms with van der Waals surface area (Å²) in [5.74, 6) is -1.36. The molecule has 0 fully saturated rings. The molecule has 0 unspecified atom stereocenters. The molecule has 2 aromatic carbocycles. The number of rotatable bonds is 3. The molecular weight excluding hydrogens is 368 g/mol. The van der Waals surface area contributed by atoms with Gasteiger partial charge in [-0.2, -0.15) is 5.10 Å². The zero-order valence-electron chi connectivity index (χ0n) is 14.3. The van der Waals surface area contributed by atoms with E-state index >= 15 is 0 Å². The molecule has 7 nitrogen and oxygen atoms in total. The molecule has 2 amide bonds. The summed E-state index contributed by atoms with van der Waals surface area (Å²) in [6, 6.07) is 16.5. The molecule has 0 spiro atoms. The SMILES string of the molecule is Cc1cc(=O)c(C(=O)NNC(=O)c2ccc(Cl)cc2)nn1-c1ccccc1. The molecule has 1 aromatic heterocycles. The van der Waals surface area contributed by atoms with Crippen LogP contribution in [-0.4, -0.2) is 21.6 Å². The number of hydrazine groups is 1. The predicted molar refractivity (Wildman–Crippen MR) is 101 cm³/mol. The van der Waals surface area contributed by atoms with E-state index in [1.165, 1.54) is 22.9 Å². The first-order valence-corrected chi connectivity index (χ1v) is 8.36. The van der Waals surface area contributed by atoms with Crippen LogP contribution >= 0.6 is 11.6 Å². The van der Waals surface area contributed by atoms with Crippen molar-refractivity contribution in [2.45, 2.75) is 6.92 Å². The Morgan fingerprint density at radius 1 is 0.963 bits per heavy atom. The van der Waals surface area contributed by atoms with Gasteiger partial charge in [-0.3, -0.25) is 25.2 Å². The van der Waals surface area contributed by atoms with Crippen LogP contribution in [0, 0.1) is 6.92 Å². The number of aromatic nitrogens is 2. The maximum Gasteiger partial charge on any atom is 0.294 e. The highest BCUT2D eigenvalue weighted by Gasteiger charge is 2.16. The largest absolute Gasteiger partial charge is 0.294 e. The van der Waals surface area contributed by atoms with Crippen molar-refractivity contribution in [2.75, 3.05) is 0 Å². The van der Waals surface area contributed by atoms with E-state index in [9.17, 15) is 14.4 Å². The lowest BCUT2D eigenvalue weighted by atomic mass is 10.2. The summed E-state index contributed by atoms with van der Waals surface area (Å²) in [4.78, 5) is 36.5. The van der Waals surface area contributed by atoms with E-state index in [2.05, 4.69) is 16.0 Å². The van der Waals surface area contributed by atoms with Gasteiger partial charge in [0.2, 0.25) is 5.43 Å². The minimum absolute atomic E-state index is 0.304. The van der Waals surface area contributed by atoms with Crippen LogP contribution in [0.3, 0.4) is 0 Å². The number of benzene rings is 2. The number of nitrogens with zero attached hydrogens (tertiary/aromatic N) is 2.